The smallest absolute Gasteiger partial charge is 0.230 e. The summed E-state index contributed by atoms with van der Waals surface area (Å²) in [7, 11) is 0. The Hall–Kier alpha value is -1.54. The van der Waals surface area contributed by atoms with Crippen LogP contribution >= 0.6 is 23.4 Å². The van der Waals surface area contributed by atoms with Gasteiger partial charge in [-0.2, -0.15) is 0 Å². The van der Waals surface area contributed by atoms with Gasteiger partial charge in [0.05, 0.1) is 5.75 Å². The van der Waals surface area contributed by atoms with Crippen LogP contribution in [0.25, 0.3) is 0 Å². The van der Waals surface area contributed by atoms with E-state index in [1.165, 1.54) is 24.6 Å². The third-order valence-electron chi connectivity index (χ3n) is 4.70. The van der Waals surface area contributed by atoms with Crippen LogP contribution in [0.1, 0.15) is 46.5 Å². The molecule has 2 rings (SSSR count). The van der Waals surface area contributed by atoms with Crippen molar-refractivity contribution >= 4 is 41.0 Å². The molecule has 0 saturated carbocycles. The lowest BCUT2D eigenvalue weighted by atomic mass is 10.2. The van der Waals surface area contributed by atoms with Crippen molar-refractivity contribution < 1.29 is 9.59 Å². The number of piperazine rings is 1. The molecule has 156 valence electrons. The van der Waals surface area contributed by atoms with Gasteiger partial charge in [-0.15, -0.1) is 0 Å². The Morgan fingerprint density at radius 1 is 1.29 bits per heavy atom. The Balaban J connectivity index is 1.87. The first-order valence-corrected chi connectivity index (χ1v) is 11.2. The fourth-order valence-corrected chi connectivity index (χ4v) is 4.12. The molecule has 0 aliphatic carbocycles. The van der Waals surface area contributed by atoms with E-state index >= 15 is 0 Å². The minimum Gasteiger partial charge on any atom is -0.355 e. The fourth-order valence-electron chi connectivity index (χ4n) is 3.21. The number of unbranched alkanes of at least 4 members (excludes halogenated alkanes) is 3. The molecule has 0 unspecified atom stereocenters. The Labute approximate surface area is 176 Å². The molecule has 0 radical (unpaired) electrons. The molecule has 1 atom stereocenters. The molecule has 0 spiro atoms. The van der Waals surface area contributed by atoms with Crippen LogP contribution in [0.5, 0.6) is 0 Å². The van der Waals surface area contributed by atoms with Gasteiger partial charge in [0.15, 0.2) is 5.16 Å². The molecule has 1 aliphatic heterocycles. The van der Waals surface area contributed by atoms with Crippen LogP contribution in [0, 0.1) is 0 Å². The van der Waals surface area contributed by atoms with Crippen LogP contribution in [0.2, 0.25) is 5.15 Å². The SMILES string of the molecule is CCCCCCNC(=O)CSc1nc(Cl)cc(N2CCN(C(C)=O)[C@@H](C)C2)n1. The number of thioether (sulfide) groups is 1. The van der Waals surface area contributed by atoms with Crippen molar-refractivity contribution in [3.63, 3.8) is 0 Å². The zero-order valence-electron chi connectivity index (χ0n) is 16.9. The number of hydrogen-bond donors (Lipinski definition) is 1. The molecule has 1 aliphatic rings. The summed E-state index contributed by atoms with van der Waals surface area (Å²) in [6, 6.07) is 1.84. The highest BCUT2D eigenvalue weighted by Crippen LogP contribution is 2.24. The fraction of sp³-hybridized carbons (Fsp3) is 0.684. The molecular formula is C19H30ClN5O2S. The summed E-state index contributed by atoms with van der Waals surface area (Å²) < 4.78 is 0. The van der Waals surface area contributed by atoms with Crippen LogP contribution in [0.4, 0.5) is 5.82 Å². The van der Waals surface area contributed by atoms with Gasteiger partial charge in [0.25, 0.3) is 0 Å². The maximum absolute atomic E-state index is 12.0. The zero-order chi connectivity index (χ0) is 20.5. The van der Waals surface area contributed by atoms with Gasteiger partial charge in [0, 0.05) is 45.2 Å². The number of hydrogen-bond acceptors (Lipinski definition) is 6. The molecule has 2 amide bonds. The average Bonchev–Trinajstić information content (AvgIpc) is 2.65. The molecule has 7 nitrogen and oxygen atoms in total. The third-order valence-corrected chi connectivity index (χ3v) is 5.74. The van der Waals surface area contributed by atoms with E-state index in [2.05, 4.69) is 27.1 Å². The highest BCUT2D eigenvalue weighted by atomic mass is 35.5. The predicted molar refractivity (Wildman–Crippen MR) is 114 cm³/mol. The van der Waals surface area contributed by atoms with E-state index in [1.807, 2.05) is 11.8 Å². The highest BCUT2D eigenvalue weighted by Gasteiger charge is 2.26. The second-order valence-electron chi connectivity index (χ2n) is 7.04. The number of rotatable bonds is 9. The number of nitrogens with zero attached hydrogens (tertiary/aromatic N) is 4. The van der Waals surface area contributed by atoms with Crippen molar-refractivity contribution in [3.8, 4) is 0 Å². The van der Waals surface area contributed by atoms with E-state index in [4.69, 9.17) is 11.6 Å². The van der Waals surface area contributed by atoms with Crippen LogP contribution in [-0.2, 0) is 9.59 Å². The number of anilines is 1. The normalized spacial score (nSPS) is 16.9. The van der Waals surface area contributed by atoms with Crippen molar-refractivity contribution in [2.45, 2.75) is 57.7 Å². The first-order chi connectivity index (χ1) is 13.4. The van der Waals surface area contributed by atoms with Gasteiger partial charge < -0.3 is 15.1 Å². The van der Waals surface area contributed by atoms with Crippen molar-refractivity contribution in [2.24, 2.45) is 0 Å². The van der Waals surface area contributed by atoms with E-state index in [9.17, 15) is 9.59 Å². The van der Waals surface area contributed by atoms with Gasteiger partial charge in [-0.05, 0) is 13.3 Å². The zero-order valence-corrected chi connectivity index (χ0v) is 18.5. The summed E-state index contributed by atoms with van der Waals surface area (Å²) in [5.74, 6) is 1.07. The molecule has 1 N–H and O–H groups in total. The molecule has 1 aromatic heterocycles. The number of amides is 2. The maximum atomic E-state index is 12.0. The lowest BCUT2D eigenvalue weighted by Gasteiger charge is -2.40. The quantitative estimate of drug-likeness (QED) is 0.282. The van der Waals surface area contributed by atoms with Gasteiger partial charge >= 0.3 is 0 Å². The number of carbonyl (C=O) groups is 2. The minimum atomic E-state index is -0.0182. The summed E-state index contributed by atoms with van der Waals surface area (Å²) in [6.07, 6.45) is 4.52. The topological polar surface area (TPSA) is 78.4 Å². The van der Waals surface area contributed by atoms with E-state index < -0.39 is 0 Å². The van der Waals surface area contributed by atoms with E-state index in [0.29, 0.717) is 36.5 Å². The van der Waals surface area contributed by atoms with Gasteiger partial charge in [-0.1, -0.05) is 49.5 Å². The van der Waals surface area contributed by atoms with Crippen molar-refractivity contribution in [3.05, 3.63) is 11.2 Å². The number of aromatic nitrogens is 2. The molecule has 0 aromatic carbocycles. The monoisotopic (exact) mass is 427 g/mol. The van der Waals surface area contributed by atoms with Crippen LogP contribution in [-0.4, -0.2) is 64.7 Å². The third kappa shape index (κ3) is 7.13. The van der Waals surface area contributed by atoms with Crippen LogP contribution < -0.4 is 10.2 Å². The minimum absolute atomic E-state index is 0.0182. The second-order valence-corrected chi connectivity index (χ2v) is 8.37. The Kier molecular flexibility index (Phi) is 9.31. The summed E-state index contributed by atoms with van der Waals surface area (Å²) in [6.45, 7) is 8.53. The highest BCUT2D eigenvalue weighted by molar-refractivity contribution is 7.99. The molecule has 1 saturated heterocycles. The van der Waals surface area contributed by atoms with Crippen molar-refractivity contribution in [1.29, 1.82) is 0 Å². The summed E-state index contributed by atoms with van der Waals surface area (Å²) in [4.78, 5) is 36.4. The van der Waals surface area contributed by atoms with Crippen molar-refractivity contribution in [1.82, 2.24) is 20.2 Å². The standard InChI is InChI=1S/C19H30ClN5O2S/c1-4-5-6-7-8-21-18(27)13-28-19-22-16(20)11-17(23-19)24-9-10-25(15(3)26)14(2)12-24/h11,14H,4-10,12-13H2,1-3H3,(H,21,27)/t14-/m0/s1. The first kappa shape index (κ1) is 22.7. The van der Waals surface area contributed by atoms with E-state index in [-0.39, 0.29) is 23.6 Å². The van der Waals surface area contributed by atoms with E-state index in [0.717, 1.165) is 18.7 Å². The van der Waals surface area contributed by atoms with Gasteiger partial charge in [0.2, 0.25) is 11.8 Å². The van der Waals surface area contributed by atoms with Crippen LogP contribution in [0.3, 0.4) is 0 Å². The first-order valence-electron chi connectivity index (χ1n) is 9.87. The Morgan fingerprint density at radius 3 is 2.75 bits per heavy atom. The molecule has 1 aromatic rings. The largest absolute Gasteiger partial charge is 0.355 e. The maximum Gasteiger partial charge on any atom is 0.230 e. The predicted octanol–water partition coefficient (Wildman–Crippen LogP) is 2.98. The Bertz CT molecular complexity index is 676. The summed E-state index contributed by atoms with van der Waals surface area (Å²) >= 11 is 7.46. The second kappa shape index (κ2) is 11.5. The van der Waals surface area contributed by atoms with Gasteiger partial charge in [-0.3, -0.25) is 9.59 Å². The molecule has 2 heterocycles. The molecule has 28 heavy (non-hydrogen) atoms. The van der Waals surface area contributed by atoms with Crippen molar-refractivity contribution in [2.75, 3.05) is 36.8 Å². The number of nitrogens with one attached hydrogen (secondary N) is 1. The van der Waals surface area contributed by atoms with E-state index in [1.54, 1.807) is 13.0 Å². The van der Waals surface area contributed by atoms with Gasteiger partial charge in [-0.25, -0.2) is 9.97 Å². The lowest BCUT2D eigenvalue weighted by Crippen LogP contribution is -2.53. The average molecular weight is 428 g/mol. The lowest BCUT2D eigenvalue weighted by molar-refractivity contribution is -0.131. The van der Waals surface area contributed by atoms with Gasteiger partial charge in [0.1, 0.15) is 11.0 Å². The molecule has 1 fully saturated rings. The Morgan fingerprint density at radius 2 is 2.07 bits per heavy atom. The number of halogens is 1. The summed E-state index contributed by atoms with van der Waals surface area (Å²) in [5.41, 5.74) is 0. The summed E-state index contributed by atoms with van der Waals surface area (Å²) in [5, 5.41) is 3.78. The number of carbonyl (C=O) groups excluding carboxylic acids is 2. The molecular weight excluding hydrogens is 398 g/mol. The van der Waals surface area contributed by atoms with Crippen LogP contribution in [0.15, 0.2) is 11.2 Å². The molecule has 0 bridgehead atoms. The molecule has 9 heteroatoms.